The molecule has 5 nitrogen and oxygen atoms in total. The molecule has 2 aromatic rings. The summed E-state index contributed by atoms with van der Waals surface area (Å²) in [5, 5.41) is 10.7. The number of para-hydroxylation sites is 1. The van der Waals surface area contributed by atoms with Crippen LogP contribution in [0, 0.1) is 13.8 Å². The maximum Gasteiger partial charge on any atom is 0.266 e. The van der Waals surface area contributed by atoms with E-state index >= 15 is 0 Å². The van der Waals surface area contributed by atoms with Crippen LogP contribution in [0.4, 0.5) is 5.69 Å². The van der Waals surface area contributed by atoms with Crippen LogP contribution in [0.15, 0.2) is 52.4 Å². The van der Waals surface area contributed by atoms with Gasteiger partial charge in [-0.2, -0.15) is 0 Å². The lowest BCUT2D eigenvalue weighted by atomic mass is 10.1. The van der Waals surface area contributed by atoms with Gasteiger partial charge in [-0.3, -0.25) is 9.69 Å². The van der Waals surface area contributed by atoms with E-state index in [1.54, 1.807) is 12.0 Å². The van der Waals surface area contributed by atoms with E-state index in [9.17, 15) is 9.90 Å². The van der Waals surface area contributed by atoms with Crippen molar-refractivity contribution < 1.29 is 14.6 Å². The average molecular weight is 397 g/mol. The fraction of sp³-hybridized carbons (Fsp3) is 0.273. The van der Waals surface area contributed by atoms with Crippen molar-refractivity contribution >= 4 is 34.6 Å². The zero-order chi connectivity index (χ0) is 20.1. The van der Waals surface area contributed by atoms with Crippen LogP contribution in [-0.4, -0.2) is 41.3 Å². The molecule has 6 heteroatoms. The van der Waals surface area contributed by atoms with Crippen molar-refractivity contribution in [2.45, 2.75) is 20.3 Å². The minimum atomic E-state index is -0.0563. The Morgan fingerprint density at radius 1 is 1.18 bits per heavy atom. The molecule has 1 aliphatic rings. The molecule has 2 aromatic carbocycles. The van der Waals surface area contributed by atoms with Gasteiger partial charge in [0.05, 0.1) is 10.6 Å². The molecule has 1 heterocycles. The van der Waals surface area contributed by atoms with E-state index in [1.165, 1.54) is 11.8 Å². The highest BCUT2D eigenvalue weighted by molar-refractivity contribution is 8.18. The van der Waals surface area contributed by atoms with Crippen LogP contribution < -0.4 is 0 Å². The van der Waals surface area contributed by atoms with Crippen molar-refractivity contribution in [3.8, 4) is 5.75 Å². The number of aliphatic imine (C=N–C) groups is 1. The number of amidine groups is 1. The maximum atomic E-state index is 13.0. The van der Waals surface area contributed by atoms with E-state index in [4.69, 9.17) is 4.74 Å². The summed E-state index contributed by atoms with van der Waals surface area (Å²) >= 11 is 1.37. The molecular formula is C22H24N2O3S. The number of benzene rings is 2. The normalized spacial score (nSPS) is 17.1. The number of aryl methyl sites for hydroxylation is 2. The molecule has 0 unspecified atom stereocenters. The topological polar surface area (TPSA) is 62.1 Å². The molecule has 1 N–H and O–H groups in total. The van der Waals surface area contributed by atoms with Gasteiger partial charge in [-0.05, 0) is 79.1 Å². The van der Waals surface area contributed by atoms with Crippen molar-refractivity contribution in [3.05, 3.63) is 64.1 Å². The van der Waals surface area contributed by atoms with E-state index < -0.39 is 0 Å². The summed E-state index contributed by atoms with van der Waals surface area (Å²) in [7, 11) is 1.65. The smallest absolute Gasteiger partial charge is 0.266 e. The summed E-state index contributed by atoms with van der Waals surface area (Å²) in [6.45, 7) is 4.85. The van der Waals surface area contributed by atoms with Gasteiger partial charge in [-0.15, -0.1) is 0 Å². The lowest BCUT2D eigenvalue weighted by Crippen LogP contribution is -2.30. The largest absolute Gasteiger partial charge is 0.507 e. The number of rotatable bonds is 6. The Bertz CT molecular complexity index is 900. The van der Waals surface area contributed by atoms with Crippen molar-refractivity contribution in [1.82, 2.24) is 4.90 Å². The Morgan fingerprint density at radius 3 is 2.50 bits per heavy atom. The predicted molar refractivity (Wildman–Crippen MR) is 115 cm³/mol. The molecule has 0 radical (unpaired) electrons. The number of nitrogens with zero attached hydrogens (tertiary/aromatic N) is 2. The molecule has 28 heavy (non-hydrogen) atoms. The number of thioether (sulfide) groups is 1. The van der Waals surface area contributed by atoms with Crippen LogP contribution in [0.3, 0.4) is 0 Å². The molecule has 0 bridgehead atoms. The predicted octanol–water partition coefficient (Wildman–Crippen LogP) is 4.65. The van der Waals surface area contributed by atoms with Gasteiger partial charge in [0.2, 0.25) is 0 Å². The van der Waals surface area contributed by atoms with Crippen molar-refractivity contribution in [1.29, 1.82) is 0 Å². The third-order valence-corrected chi connectivity index (χ3v) is 5.42. The van der Waals surface area contributed by atoms with Crippen molar-refractivity contribution in [2.24, 2.45) is 4.99 Å². The average Bonchev–Trinajstić information content (AvgIpc) is 2.96. The number of aromatic hydroxyl groups is 1. The molecule has 1 amide bonds. The van der Waals surface area contributed by atoms with Crippen molar-refractivity contribution in [2.75, 3.05) is 20.3 Å². The first kappa shape index (κ1) is 20.2. The minimum absolute atomic E-state index is 0.0563. The summed E-state index contributed by atoms with van der Waals surface area (Å²) in [6.07, 6.45) is 2.60. The van der Waals surface area contributed by atoms with Gasteiger partial charge in [-0.1, -0.05) is 18.2 Å². The third kappa shape index (κ3) is 4.64. The Kier molecular flexibility index (Phi) is 6.54. The van der Waals surface area contributed by atoms with E-state index in [1.807, 2.05) is 62.4 Å². The molecular weight excluding hydrogens is 372 g/mol. The summed E-state index contributed by atoms with van der Waals surface area (Å²) in [5.41, 5.74) is 3.28. The third-order valence-electron chi connectivity index (χ3n) is 4.41. The van der Waals surface area contributed by atoms with Crippen LogP contribution in [0.2, 0.25) is 0 Å². The Hall–Kier alpha value is -2.57. The second kappa shape index (κ2) is 9.08. The highest BCUT2D eigenvalue weighted by Crippen LogP contribution is 2.35. The van der Waals surface area contributed by atoms with Gasteiger partial charge < -0.3 is 9.84 Å². The van der Waals surface area contributed by atoms with E-state index in [2.05, 4.69) is 4.99 Å². The molecule has 1 saturated heterocycles. The Morgan fingerprint density at radius 2 is 1.86 bits per heavy atom. The minimum Gasteiger partial charge on any atom is -0.507 e. The van der Waals surface area contributed by atoms with Gasteiger partial charge in [0.15, 0.2) is 5.17 Å². The number of methoxy groups -OCH3 is 1. The first-order valence-electron chi connectivity index (χ1n) is 9.14. The SMILES string of the molecule is COCCCN1C(=O)/C(=C/c2cc(C)c(O)c(C)c2)SC1=Nc1ccccc1. The Balaban J connectivity index is 1.93. The quantitative estimate of drug-likeness (QED) is 0.570. The second-order valence-corrected chi connectivity index (χ2v) is 7.66. The molecule has 0 aromatic heterocycles. The monoisotopic (exact) mass is 396 g/mol. The summed E-state index contributed by atoms with van der Waals surface area (Å²) < 4.78 is 5.13. The van der Waals surface area contributed by atoms with Crippen molar-refractivity contribution in [3.63, 3.8) is 0 Å². The second-order valence-electron chi connectivity index (χ2n) is 6.65. The van der Waals surface area contributed by atoms with Gasteiger partial charge in [-0.25, -0.2) is 4.99 Å². The maximum absolute atomic E-state index is 13.0. The summed E-state index contributed by atoms with van der Waals surface area (Å²) in [4.78, 5) is 20.0. The van der Waals surface area contributed by atoms with E-state index in [0.717, 1.165) is 28.8 Å². The number of hydrogen-bond acceptors (Lipinski definition) is 5. The molecule has 3 rings (SSSR count). The van der Waals surface area contributed by atoms with Gasteiger partial charge >= 0.3 is 0 Å². The highest BCUT2D eigenvalue weighted by Gasteiger charge is 2.33. The highest BCUT2D eigenvalue weighted by atomic mass is 32.2. The lowest BCUT2D eigenvalue weighted by Gasteiger charge is -2.15. The van der Waals surface area contributed by atoms with Crippen LogP contribution >= 0.6 is 11.8 Å². The van der Waals surface area contributed by atoms with Gasteiger partial charge in [0.1, 0.15) is 5.75 Å². The molecule has 0 spiro atoms. The first-order chi connectivity index (χ1) is 13.5. The molecule has 146 valence electrons. The summed E-state index contributed by atoms with van der Waals surface area (Å²) in [6, 6.07) is 13.4. The fourth-order valence-corrected chi connectivity index (χ4v) is 4.02. The molecule has 1 aliphatic heterocycles. The Labute approximate surface area is 169 Å². The van der Waals surface area contributed by atoms with Crippen LogP contribution in [0.25, 0.3) is 6.08 Å². The van der Waals surface area contributed by atoms with Gasteiger partial charge in [0.25, 0.3) is 5.91 Å². The van der Waals surface area contributed by atoms with Crippen LogP contribution in [0.5, 0.6) is 5.75 Å². The van der Waals surface area contributed by atoms with Crippen LogP contribution in [-0.2, 0) is 9.53 Å². The molecule has 0 atom stereocenters. The van der Waals surface area contributed by atoms with E-state index in [-0.39, 0.29) is 5.91 Å². The number of phenols is 1. The number of hydrogen-bond donors (Lipinski definition) is 1. The van der Waals surface area contributed by atoms with Gasteiger partial charge in [0, 0.05) is 20.3 Å². The summed E-state index contributed by atoms with van der Waals surface area (Å²) in [5.74, 6) is 0.235. The number of amides is 1. The molecule has 0 saturated carbocycles. The number of carbonyl (C=O) groups is 1. The fourth-order valence-electron chi connectivity index (χ4n) is 2.99. The van der Waals surface area contributed by atoms with E-state index in [0.29, 0.717) is 29.0 Å². The molecule has 1 fully saturated rings. The number of carbonyl (C=O) groups excluding carboxylic acids is 1. The number of ether oxygens (including phenoxy) is 1. The zero-order valence-electron chi connectivity index (χ0n) is 16.3. The molecule has 0 aliphatic carbocycles. The first-order valence-corrected chi connectivity index (χ1v) is 9.95. The zero-order valence-corrected chi connectivity index (χ0v) is 17.1. The lowest BCUT2D eigenvalue weighted by molar-refractivity contribution is -0.122. The number of phenolic OH excluding ortho intramolecular Hbond substituents is 1. The van der Waals surface area contributed by atoms with Crippen LogP contribution in [0.1, 0.15) is 23.1 Å². The standard InChI is InChI=1S/C22H24N2O3S/c1-15-12-17(13-16(2)20(15)25)14-19-21(26)24(10-7-11-27-3)22(28-19)23-18-8-5-4-6-9-18/h4-6,8-9,12-14,25H,7,10-11H2,1-3H3/b19-14-,23-22?.